The third-order valence-corrected chi connectivity index (χ3v) is 3.03. The Morgan fingerprint density at radius 3 is 2.59 bits per heavy atom. The van der Waals surface area contributed by atoms with Gasteiger partial charge in [-0.05, 0) is 6.07 Å². The fourth-order valence-corrected chi connectivity index (χ4v) is 2.06. The van der Waals surface area contributed by atoms with Gasteiger partial charge in [-0.3, -0.25) is 0 Å². The Morgan fingerprint density at radius 2 is 1.94 bits per heavy atom. The third kappa shape index (κ3) is 2.42. The monoisotopic (exact) mass is 240 g/mol. The Kier molecular flexibility index (Phi) is 3.63. The lowest BCUT2D eigenvalue weighted by Gasteiger charge is -2.36. The van der Waals surface area contributed by atoms with Crippen molar-refractivity contribution < 1.29 is 25.2 Å². The van der Waals surface area contributed by atoms with Crippen LogP contribution in [-0.2, 0) is 4.74 Å². The Balaban J connectivity index is 2.20. The number of para-hydroxylation sites is 1. The van der Waals surface area contributed by atoms with Crippen molar-refractivity contribution in [1.29, 1.82) is 0 Å². The zero-order chi connectivity index (χ0) is 12.4. The molecule has 1 aromatic carbocycles. The fraction of sp³-hybridized carbons (Fsp3) is 0.500. The van der Waals surface area contributed by atoms with Gasteiger partial charge in [0.1, 0.15) is 18.0 Å². The van der Waals surface area contributed by atoms with E-state index >= 15 is 0 Å². The average Bonchev–Trinajstić information content (AvgIpc) is 2.33. The first kappa shape index (κ1) is 12.3. The summed E-state index contributed by atoms with van der Waals surface area (Å²) >= 11 is 0. The molecule has 1 saturated heterocycles. The Hall–Kier alpha value is -1.14. The molecule has 0 spiro atoms. The molecule has 1 fully saturated rings. The van der Waals surface area contributed by atoms with E-state index in [1.165, 1.54) is 6.07 Å². The Morgan fingerprint density at radius 1 is 1.24 bits per heavy atom. The van der Waals surface area contributed by atoms with Crippen LogP contribution in [0.25, 0.3) is 0 Å². The number of phenols is 1. The topological polar surface area (TPSA) is 90.2 Å². The highest BCUT2D eigenvalue weighted by molar-refractivity contribution is 5.34. The van der Waals surface area contributed by atoms with Crippen molar-refractivity contribution in [3.63, 3.8) is 0 Å². The maximum atomic E-state index is 9.69. The SMILES string of the molecule is OC[C@H]1O[C@@H](c2ccccc2O)C[C@@H](O)[C@@H]1O. The second-order valence-electron chi connectivity index (χ2n) is 4.20. The predicted octanol–water partition coefficient (Wildman–Crippen LogP) is -0.0637. The van der Waals surface area contributed by atoms with Gasteiger partial charge in [0.15, 0.2) is 0 Å². The van der Waals surface area contributed by atoms with Gasteiger partial charge >= 0.3 is 0 Å². The van der Waals surface area contributed by atoms with Crippen molar-refractivity contribution in [3.8, 4) is 5.75 Å². The second-order valence-corrected chi connectivity index (χ2v) is 4.20. The normalized spacial score (nSPS) is 33.6. The number of aliphatic hydroxyl groups excluding tert-OH is 3. The van der Waals surface area contributed by atoms with Crippen molar-refractivity contribution in [1.82, 2.24) is 0 Å². The van der Waals surface area contributed by atoms with Crippen molar-refractivity contribution >= 4 is 0 Å². The summed E-state index contributed by atoms with van der Waals surface area (Å²) in [6.45, 7) is -0.373. The van der Waals surface area contributed by atoms with Gasteiger partial charge in [-0.25, -0.2) is 0 Å². The van der Waals surface area contributed by atoms with Crippen LogP contribution < -0.4 is 0 Å². The first-order valence-electron chi connectivity index (χ1n) is 5.54. The lowest BCUT2D eigenvalue weighted by molar-refractivity contribution is -0.181. The highest BCUT2D eigenvalue weighted by Crippen LogP contribution is 2.35. The molecule has 5 nitrogen and oxygen atoms in total. The molecule has 0 unspecified atom stereocenters. The van der Waals surface area contributed by atoms with E-state index in [9.17, 15) is 15.3 Å². The van der Waals surface area contributed by atoms with Crippen LogP contribution in [-0.4, -0.2) is 45.3 Å². The maximum absolute atomic E-state index is 9.69. The van der Waals surface area contributed by atoms with E-state index in [4.69, 9.17) is 9.84 Å². The van der Waals surface area contributed by atoms with E-state index in [0.717, 1.165) is 0 Å². The van der Waals surface area contributed by atoms with Gasteiger partial charge < -0.3 is 25.2 Å². The van der Waals surface area contributed by atoms with E-state index in [1.807, 2.05) is 0 Å². The molecule has 0 aromatic heterocycles. The van der Waals surface area contributed by atoms with Gasteiger partial charge in [-0.15, -0.1) is 0 Å². The van der Waals surface area contributed by atoms with Crippen molar-refractivity contribution in [2.24, 2.45) is 0 Å². The van der Waals surface area contributed by atoms with Gasteiger partial charge in [0.05, 0.1) is 18.8 Å². The summed E-state index contributed by atoms with van der Waals surface area (Å²) in [7, 11) is 0. The molecule has 4 atom stereocenters. The minimum Gasteiger partial charge on any atom is -0.508 e. The third-order valence-electron chi connectivity index (χ3n) is 3.03. The molecule has 2 rings (SSSR count). The van der Waals surface area contributed by atoms with Crippen molar-refractivity contribution in [2.45, 2.75) is 30.8 Å². The van der Waals surface area contributed by atoms with Crippen LogP contribution in [0.5, 0.6) is 5.75 Å². The van der Waals surface area contributed by atoms with E-state index in [-0.39, 0.29) is 18.8 Å². The smallest absolute Gasteiger partial charge is 0.121 e. The molecule has 5 heteroatoms. The summed E-state index contributed by atoms with van der Waals surface area (Å²) in [4.78, 5) is 0. The molecular formula is C12H16O5. The summed E-state index contributed by atoms with van der Waals surface area (Å²) in [6.07, 6.45) is -3.22. The molecular weight excluding hydrogens is 224 g/mol. The van der Waals surface area contributed by atoms with Crippen molar-refractivity contribution in [3.05, 3.63) is 29.8 Å². The summed E-state index contributed by atoms with van der Waals surface area (Å²) < 4.78 is 5.47. The Labute approximate surface area is 98.9 Å². The minimum atomic E-state index is -1.10. The van der Waals surface area contributed by atoms with Gasteiger partial charge in [0.2, 0.25) is 0 Å². The largest absolute Gasteiger partial charge is 0.508 e. The molecule has 1 heterocycles. The lowest BCUT2D eigenvalue weighted by atomic mass is 9.93. The summed E-state index contributed by atoms with van der Waals surface area (Å²) in [5.74, 6) is 0.0813. The Bertz CT molecular complexity index is 381. The van der Waals surface area contributed by atoms with Crippen LogP contribution in [0.3, 0.4) is 0 Å². The predicted molar refractivity (Wildman–Crippen MR) is 59.4 cm³/mol. The second kappa shape index (κ2) is 5.01. The molecule has 0 radical (unpaired) electrons. The molecule has 0 saturated carbocycles. The number of phenolic OH excluding ortho intramolecular Hbond substituents is 1. The number of benzene rings is 1. The molecule has 1 aromatic rings. The maximum Gasteiger partial charge on any atom is 0.121 e. The number of aliphatic hydroxyl groups is 3. The molecule has 0 amide bonds. The molecule has 94 valence electrons. The number of ether oxygens (including phenoxy) is 1. The zero-order valence-electron chi connectivity index (χ0n) is 9.23. The van der Waals surface area contributed by atoms with Gasteiger partial charge in [0.25, 0.3) is 0 Å². The standard InChI is InChI=1S/C12H16O5/c13-6-11-12(16)9(15)5-10(17-11)7-3-1-2-4-8(7)14/h1-4,9-16H,5-6H2/t9-,10-,11-,12+/m1/s1. The highest BCUT2D eigenvalue weighted by atomic mass is 16.5. The molecule has 17 heavy (non-hydrogen) atoms. The molecule has 4 N–H and O–H groups in total. The van der Waals surface area contributed by atoms with E-state index in [1.54, 1.807) is 18.2 Å². The highest BCUT2D eigenvalue weighted by Gasteiger charge is 2.37. The average molecular weight is 240 g/mol. The number of hydrogen-bond acceptors (Lipinski definition) is 5. The molecule has 0 aliphatic carbocycles. The van der Waals surface area contributed by atoms with E-state index < -0.39 is 24.4 Å². The lowest BCUT2D eigenvalue weighted by Crippen LogP contribution is -2.47. The number of aromatic hydroxyl groups is 1. The number of hydrogen-bond donors (Lipinski definition) is 4. The number of rotatable bonds is 2. The molecule has 1 aliphatic heterocycles. The first-order valence-corrected chi connectivity index (χ1v) is 5.54. The van der Waals surface area contributed by atoms with E-state index in [0.29, 0.717) is 5.56 Å². The zero-order valence-corrected chi connectivity index (χ0v) is 9.23. The molecule has 1 aliphatic rings. The van der Waals surface area contributed by atoms with Crippen LogP contribution in [0.1, 0.15) is 18.1 Å². The van der Waals surface area contributed by atoms with Crippen LogP contribution in [0.15, 0.2) is 24.3 Å². The van der Waals surface area contributed by atoms with Gasteiger partial charge in [0, 0.05) is 12.0 Å². The first-order chi connectivity index (χ1) is 8.13. The van der Waals surface area contributed by atoms with Crippen molar-refractivity contribution in [2.75, 3.05) is 6.61 Å². The van der Waals surface area contributed by atoms with Crippen LogP contribution in [0, 0.1) is 0 Å². The molecule has 0 bridgehead atoms. The van der Waals surface area contributed by atoms with Crippen LogP contribution in [0.4, 0.5) is 0 Å². The van der Waals surface area contributed by atoms with E-state index in [2.05, 4.69) is 0 Å². The summed E-state index contributed by atoms with van der Waals surface area (Å²) in [5, 5.41) is 38.0. The van der Waals surface area contributed by atoms with Gasteiger partial charge in [-0.2, -0.15) is 0 Å². The summed E-state index contributed by atoms with van der Waals surface area (Å²) in [5.41, 5.74) is 0.553. The van der Waals surface area contributed by atoms with Crippen LogP contribution >= 0.6 is 0 Å². The summed E-state index contributed by atoms with van der Waals surface area (Å²) in [6, 6.07) is 6.67. The van der Waals surface area contributed by atoms with Crippen LogP contribution in [0.2, 0.25) is 0 Å². The minimum absolute atomic E-state index is 0.0813. The van der Waals surface area contributed by atoms with Gasteiger partial charge in [-0.1, -0.05) is 18.2 Å². The fourth-order valence-electron chi connectivity index (χ4n) is 2.06. The quantitative estimate of drug-likeness (QED) is 0.581.